The first-order chi connectivity index (χ1) is 8.56. The molecule has 1 aliphatic rings. The van der Waals surface area contributed by atoms with E-state index in [0.717, 1.165) is 25.5 Å². The van der Waals surface area contributed by atoms with Gasteiger partial charge >= 0.3 is 0 Å². The Morgan fingerprint density at radius 3 is 2.28 bits per heavy atom. The minimum atomic E-state index is 0.565. The van der Waals surface area contributed by atoms with Crippen LogP contribution in [0.2, 0.25) is 0 Å². The molecule has 18 heavy (non-hydrogen) atoms. The Morgan fingerprint density at radius 1 is 1.17 bits per heavy atom. The molecular weight excluding hydrogens is 226 g/mol. The Labute approximate surface area is 110 Å². The third kappa shape index (κ3) is 3.77. The number of rotatable bonds is 7. The lowest BCUT2D eigenvalue weighted by Crippen LogP contribution is -2.32. The zero-order valence-corrected chi connectivity index (χ0v) is 12.0. The summed E-state index contributed by atoms with van der Waals surface area (Å²) in [6.07, 6.45) is 2.46. The molecule has 1 aromatic rings. The number of hydrogen-bond donors (Lipinski definition) is 0. The third-order valence-electron chi connectivity index (χ3n) is 3.07. The van der Waals surface area contributed by atoms with Crippen LogP contribution >= 0.6 is 0 Å². The first kappa shape index (κ1) is 13.5. The summed E-state index contributed by atoms with van der Waals surface area (Å²) in [6.45, 7) is 12.1. The maximum absolute atomic E-state index is 4.19. The Kier molecular flexibility index (Phi) is 4.32. The Hall–Kier alpha value is -0.970. The van der Waals surface area contributed by atoms with Crippen LogP contribution in [0.1, 0.15) is 52.4 Å². The van der Waals surface area contributed by atoms with Gasteiger partial charge in [0.05, 0.1) is 12.6 Å². The van der Waals surface area contributed by atoms with Crippen LogP contribution in [0, 0.1) is 11.8 Å². The van der Waals surface area contributed by atoms with E-state index in [1.54, 1.807) is 0 Å². The molecule has 1 aliphatic carbocycles. The fraction of sp³-hybridized carbons (Fsp3) is 0.923. The zero-order chi connectivity index (χ0) is 13.1. The van der Waals surface area contributed by atoms with Gasteiger partial charge in [-0.1, -0.05) is 27.7 Å². The van der Waals surface area contributed by atoms with Crippen molar-refractivity contribution < 1.29 is 0 Å². The lowest BCUT2D eigenvalue weighted by molar-refractivity contribution is 0.203. The van der Waals surface area contributed by atoms with E-state index in [4.69, 9.17) is 0 Å². The van der Waals surface area contributed by atoms with Gasteiger partial charge in [-0.25, -0.2) is 4.68 Å². The highest BCUT2D eigenvalue weighted by Crippen LogP contribution is 2.34. The monoisotopic (exact) mass is 251 g/mol. The Morgan fingerprint density at radius 2 is 1.78 bits per heavy atom. The van der Waals surface area contributed by atoms with Gasteiger partial charge in [0.2, 0.25) is 0 Å². The molecule has 0 atom stereocenters. The van der Waals surface area contributed by atoms with Gasteiger partial charge in [-0.3, -0.25) is 4.90 Å². The van der Waals surface area contributed by atoms with Crippen molar-refractivity contribution in [3.8, 4) is 0 Å². The second-order valence-corrected chi connectivity index (χ2v) is 6.25. The van der Waals surface area contributed by atoms with Crippen molar-refractivity contribution in [2.75, 3.05) is 13.1 Å². The molecule has 0 radical (unpaired) electrons. The van der Waals surface area contributed by atoms with Crippen LogP contribution in [-0.2, 0) is 6.54 Å². The summed E-state index contributed by atoms with van der Waals surface area (Å²) in [4.78, 5) is 2.47. The normalized spacial score (nSPS) is 16.2. The SMILES string of the molecule is CC(C)CN(Cc1nnnn1C1CC1)CC(C)C. The van der Waals surface area contributed by atoms with E-state index in [-0.39, 0.29) is 0 Å². The van der Waals surface area contributed by atoms with Crippen molar-refractivity contribution in [3.05, 3.63) is 5.82 Å². The van der Waals surface area contributed by atoms with Crippen molar-refractivity contribution in [2.45, 2.75) is 53.1 Å². The molecule has 0 aromatic carbocycles. The second kappa shape index (κ2) is 5.78. The summed E-state index contributed by atoms with van der Waals surface area (Å²) in [5, 5.41) is 12.1. The minimum absolute atomic E-state index is 0.565. The maximum atomic E-state index is 4.19. The average Bonchev–Trinajstić information content (AvgIpc) is 2.98. The lowest BCUT2D eigenvalue weighted by Gasteiger charge is -2.25. The van der Waals surface area contributed by atoms with Crippen LogP contribution in [-0.4, -0.2) is 38.2 Å². The molecule has 2 rings (SSSR count). The maximum Gasteiger partial charge on any atom is 0.165 e. The largest absolute Gasteiger partial charge is 0.295 e. The molecule has 102 valence electrons. The standard InChI is InChI=1S/C13H25N5/c1-10(2)7-17(8-11(3)4)9-13-14-15-16-18(13)12-5-6-12/h10-12H,5-9H2,1-4H3. The summed E-state index contributed by atoms with van der Waals surface area (Å²) in [5.74, 6) is 2.38. The molecular formula is C13H25N5. The number of hydrogen-bond acceptors (Lipinski definition) is 4. The molecule has 0 amide bonds. The van der Waals surface area contributed by atoms with Gasteiger partial charge < -0.3 is 0 Å². The van der Waals surface area contributed by atoms with E-state index in [1.165, 1.54) is 12.8 Å². The smallest absolute Gasteiger partial charge is 0.165 e. The van der Waals surface area contributed by atoms with Gasteiger partial charge in [0.1, 0.15) is 0 Å². The molecule has 1 fully saturated rings. The van der Waals surface area contributed by atoms with Gasteiger partial charge in [-0.15, -0.1) is 5.10 Å². The van der Waals surface area contributed by atoms with Crippen LogP contribution < -0.4 is 0 Å². The summed E-state index contributed by atoms with van der Waals surface area (Å²) in [6, 6.07) is 0.565. The van der Waals surface area contributed by atoms with Crippen LogP contribution in [0.5, 0.6) is 0 Å². The number of tetrazole rings is 1. The molecule has 1 saturated carbocycles. The van der Waals surface area contributed by atoms with Crippen LogP contribution in [0.15, 0.2) is 0 Å². The van der Waals surface area contributed by atoms with Crippen molar-refractivity contribution >= 4 is 0 Å². The topological polar surface area (TPSA) is 46.8 Å². The lowest BCUT2D eigenvalue weighted by atomic mass is 10.1. The van der Waals surface area contributed by atoms with E-state index in [2.05, 4.69) is 48.1 Å². The van der Waals surface area contributed by atoms with Crippen LogP contribution in [0.3, 0.4) is 0 Å². The number of nitrogens with zero attached hydrogens (tertiary/aromatic N) is 5. The molecule has 0 spiro atoms. The molecule has 0 aliphatic heterocycles. The van der Waals surface area contributed by atoms with Crippen LogP contribution in [0.25, 0.3) is 0 Å². The van der Waals surface area contributed by atoms with Gasteiger partial charge in [0.15, 0.2) is 5.82 Å². The zero-order valence-electron chi connectivity index (χ0n) is 12.0. The summed E-state index contributed by atoms with van der Waals surface area (Å²) >= 11 is 0. The van der Waals surface area contributed by atoms with E-state index in [9.17, 15) is 0 Å². The van der Waals surface area contributed by atoms with Crippen molar-refractivity contribution in [2.24, 2.45) is 11.8 Å². The first-order valence-electron chi connectivity index (χ1n) is 7.05. The van der Waals surface area contributed by atoms with Crippen molar-refractivity contribution in [3.63, 3.8) is 0 Å². The highest BCUT2D eigenvalue weighted by molar-refractivity contribution is 4.90. The van der Waals surface area contributed by atoms with E-state index in [1.807, 2.05) is 4.68 Å². The quantitative estimate of drug-likeness (QED) is 0.744. The predicted octanol–water partition coefficient (Wildman–Crippen LogP) is 2.12. The second-order valence-electron chi connectivity index (χ2n) is 6.25. The molecule has 0 bridgehead atoms. The summed E-state index contributed by atoms with van der Waals surface area (Å²) in [5.41, 5.74) is 0. The molecule has 1 aromatic heterocycles. The molecule has 1 heterocycles. The summed E-state index contributed by atoms with van der Waals surface area (Å²) < 4.78 is 2.02. The van der Waals surface area contributed by atoms with Gasteiger partial charge in [0.25, 0.3) is 0 Å². The summed E-state index contributed by atoms with van der Waals surface area (Å²) in [7, 11) is 0. The van der Waals surface area contributed by atoms with Gasteiger partial charge in [0, 0.05) is 13.1 Å². The fourth-order valence-electron chi connectivity index (χ4n) is 2.36. The van der Waals surface area contributed by atoms with E-state index in [0.29, 0.717) is 17.9 Å². The Bertz CT molecular complexity index is 357. The molecule has 0 unspecified atom stereocenters. The highest BCUT2D eigenvalue weighted by Gasteiger charge is 2.28. The fourth-order valence-corrected chi connectivity index (χ4v) is 2.36. The van der Waals surface area contributed by atoms with Crippen molar-refractivity contribution in [1.29, 1.82) is 0 Å². The van der Waals surface area contributed by atoms with Crippen molar-refractivity contribution in [1.82, 2.24) is 25.1 Å². The molecule has 5 heteroatoms. The minimum Gasteiger partial charge on any atom is -0.295 e. The average molecular weight is 251 g/mol. The Balaban J connectivity index is 1.99. The molecule has 0 saturated heterocycles. The molecule has 5 nitrogen and oxygen atoms in total. The van der Waals surface area contributed by atoms with Gasteiger partial charge in [-0.2, -0.15) is 0 Å². The van der Waals surface area contributed by atoms with Crippen LogP contribution in [0.4, 0.5) is 0 Å². The molecule has 0 N–H and O–H groups in total. The van der Waals surface area contributed by atoms with E-state index >= 15 is 0 Å². The van der Waals surface area contributed by atoms with Gasteiger partial charge in [-0.05, 0) is 35.1 Å². The predicted molar refractivity (Wildman–Crippen MR) is 71.0 cm³/mol. The highest BCUT2D eigenvalue weighted by atomic mass is 15.6. The third-order valence-corrected chi connectivity index (χ3v) is 3.07. The number of aromatic nitrogens is 4. The van der Waals surface area contributed by atoms with E-state index < -0.39 is 0 Å². The first-order valence-corrected chi connectivity index (χ1v) is 7.05.